The van der Waals surface area contributed by atoms with E-state index in [1.54, 1.807) is 19.2 Å². The van der Waals surface area contributed by atoms with Gasteiger partial charge in [-0.1, -0.05) is 13.8 Å². The zero-order chi connectivity index (χ0) is 18.2. The van der Waals surface area contributed by atoms with Gasteiger partial charge in [0.1, 0.15) is 11.5 Å². The summed E-state index contributed by atoms with van der Waals surface area (Å²) in [5.74, 6) is 0.518. The number of methoxy groups -OCH3 is 1. The molecular weight excluding hydrogens is 316 g/mol. The summed E-state index contributed by atoms with van der Waals surface area (Å²) in [6.45, 7) is 4.02. The molecule has 1 fully saturated rings. The maximum Gasteiger partial charge on any atom is 0.167 e. The zero-order valence-electron chi connectivity index (χ0n) is 15.4. The molecule has 0 unspecified atom stereocenters. The number of benzene rings is 1. The third-order valence-corrected chi connectivity index (χ3v) is 6.04. The summed E-state index contributed by atoms with van der Waals surface area (Å²) in [6, 6.07) is 3.43. The Morgan fingerprint density at radius 2 is 1.68 bits per heavy atom. The van der Waals surface area contributed by atoms with Crippen molar-refractivity contribution in [1.82, 2.24) is 0 Å². The number of Topliss-reactive ketones (excluding diaryl/α,β-unsaturated/α-hetero) is 1. The second kappa shape index (κ2) is 6.83. The quantitative estimate of drug-likeness (QED) is 0.853. The average Bonchev–Trinajstić information content (AvgIpc) is 2.85. The van der Waals surface area contributed by atoms with Gasteiger partial charge in [0.15, 0.2) is 5.78 Å². The summed E-state index contributed by atoms with van der Waals surface area (Å²) in [5.41, 5.74) is 2.76. The maximum atomic E-state index is 12.9. The van der Waals surface area contributed by atoms with Crippen molar-refractivity contribution in [2.24, 2.45) is 5.41 Å². The van der Waals surface area contributed by atoms with E-state index in [-0.39, 0.29) is 23.4 Å². The smallest absolute Gasteiger partial charge is 0.167 e. The van der Waals surface area contributed by atoms with Gasteiger partial charge in [-0.25, -0.2) is 0 Å². The SMILES string of the molecule is CCc1cc(O)cc(CC)c1C1=C(O)C2(CCC(OC)CC2)CC1=O. The van der Waals surface area contributed by atoms with Crippen molar-refractivity contribution in [3.63, 3.8) is 0 Å². The number of allylic oxidation sites excluding steroid dienone is 2. The summed E-state index contributed by atoms with van der Waals surface area (Å²) in [4.78, 5) is 12.9. The highest BCUT2D eigenvalue weighted by Crippen LogP contribution is 2.53. The van der Waals surface area contributed by atoms with Gasteiger partial charge in [0.2, 0.25) is 0 Å². The molecule has 2 N–H and O–H groups in total. The molecule has 0 saturated heterocycles. The largest absolute Gasteiger partial charge is 0.511 e. The molecule has 1 aromatic rings. The van der Waals surface area contributed by atoms with Crippen LogP contribution < -0.4 is 0 Å². The minimum Gasteiger partial charge on any atom is -0.511 e. The maximum absolute atomic E-state index is 12.9. The van der Waals surface area contributed by atoms with E-state index in [1.807, 2.05) is 13.8 Å². The van der Waals surface area contributed by atoms with E-state index in [4.69, 9.17) is 4.74 Å². The fraction of sp³-hybridized carbons (Fsp3) is 0.571. The molecule has 0 radical (unpaired) electrons. The van der Waals surface area contributed by atoms with Crippen molar-refractivity contribution in [1.29, 1.82) is 0 Å². The number of phenolic OH excluding ortho intramolecular Hbond substituents is 1. The first kappa shape index (κ1) is 18.0. The van der Waals surface area contributed by atoms with Crippen LogP contribution in [0.4, 0.5) is 0 Å². The van der Waals surface area contributed by atoms with Crippen molar-refractivity contribution >= 4 is 11.4 Å². The fourth-order valence-electron chi connectivity index (χ4n) is 4.56. The molecule has 4 nitrogen and oxygen atoms in total. The molecule has 1 spiro atoms. The number of hydrogen-bond acceptors (Lipinski definition) is 4. The van der Waals surface area contributed by atoms with Crippen LogP contribution in [0, 0.1) is 5.41 Å². The van der Waals surface area contributed by atoms with E-state index >= 15 is 0 Å². The van der Waals surface area contributed by atoms with Crippen LogP contribution in [-0.4, -0.2) is 29.2 Å². The second-order valence-electron chi connectivity index (χ2n) is 7.39. The Balaban J connectivity index is 2.09. The Morgan fingerprint density at radius 1 is 1.12 bits per heavy atom. The zero-order valence-corrected chi connectivity index (χ0v) is 15.4. The Labute approximate surface area is 149 Å². The van der Waals surface area contributed by atoms with Crippen LogP contribution >= 0.6 is 0 Å². The molecule has 2 aliphatic carbocycles. The summed E-state index contributed by atoms with van der Waals surface area (Å²) in [7, 11) is 1.72. The number of aliphatic hydroxyl groups is 1. The number of aliphatic hydroxyl groups excluding tert-OH is 1. The number of carbonyl (C=O) groups excluding carboxylic acids is 1. The predicted octanol–water partition coefficient (Wildman–Crippen LogP) is 4.33. The highest BCUT2D eigenvalue weighted by Gasteiger charge is 2.48. The Kier molecular flexibility index (Phi) is 4.92. The molecule has 2 aliphatic rings. The van der Waals surface area contributed by atoms with Crippen molar-refractivity contribution in [3.05, 3.63) is 34.6 Å². The lowest BCUT2D eigenvalue weighted by Crippen LogP contribution is -2.31. The highest BCUT2D eigenvalue weighted by molar-refractivity contribution is 6.24. The van der Waals surface area contributed by atoms with E-state index in [0.717, 1.165) is 42.4 Å². The summed E-state index contributed by atoms with van der Waals surface area (Å²) in [5, 5.41) is 21.1. The number of ketones is 1. The molecule has 4 heteroatoms. The number of carbonyl (C=O) groups is 1. The molecule has 0 bridgehead atoms. The van der Waals surface area contributed by atoms with Gasteiger partial charge in [-0.2, -0.15) is 0 Å². The van der Waals surface area contributed by atoms with E-state index in [2.05, 4.69) is 0 Å². The fourth-order valence-corrected chi connectivity index (χ4v) is 4.56. The highest BCUT2D eigenvalue weighted by atomic mass is 16.5. The first-order valence-electron chi connectivity index (χ1n) is 9.30. The molecule has 3 rings (SSSR count). The standard InChI is InChI=1S/C21H28O4/c1-4-13-10-15(22)11-14(5-2)18(13)19-17(23)12-21(20(19)24)8-6-16(25-3)7-9-21/h10-11,16,22,24H,4-9,12H2,1-3H3. The summed E-state index contributed by atoms with van der Waals surface area (Å²) < 4.78 is 5.44. The van der Waals surface area contributed by atoms with E-state index < -0.39 is 5.41 Å². The van der Waals surface area contributed by atoms with Gasteiger partial charge in [0.05, 0.1) is 11.7 Å². The van der Waals surface area contributed by atoms with Crippen LogP contribution in [0.3, 0.4) is 0 Å². The number of phenols is 1. The topological polar surface area (TPSA) is 66.8 Å². The number of aromatic hydroxyl groups is 1. The Bertz CT molecular complexity index is 684. The average molecular weight is 344 g/mol. The van der Waals surface area contributed by atoms with Crippen molar-refractivity contribution in [3.8, 4) is 5.75 Å². The molecule has 1 saturated carbocycles. The lowest BCUT2D eigenvalue weighted by molar-refractivity contribution is -0.115. The first-order valence-corrected chi connectivity index (χ1v) is 9.30. The van der Waals surface area contributed by atoms with Crippen LogP contribution in [0.5, 0.6) is 5.75 Å². The molecule has 136 valence electrons. The van der Waals surface area contributed by atoms with Gasteiger partial charge in [-0.05, 0) is 67.3 Å². The number of aryl methyl sites for hydroxylation is 2. The lowest BCUT2D eigenvalue weighted by Gasteiger charge is -2.36. The third kappa shape index (κ3) is 2.97. The van der Waals surface area contributed by atoms with E-state index in [9.17, 15) is 15.0 Å². The van der Waals surface area contributed by atoms with Crippen LogP contribution in [0.1, 0.15) is 62.6 Å². The molecule has 0 aliphatic heterocycles. The predicted molar refractivity (Wildman–Crippen MR) is 97.7 cm³/mol. The van der Waals surface area contributed by atoms with Gasteiger partial charge in [0, 0.05) is 18.9 Å². The van der Waals surface area contributed by atoms with E-state index in [1.165, 1.54) is 0 Å². The lowest BCUT2D eigenvalue weighted by atomic mass is 9.71. The van der Waals surface area contributed by atoms with Gasteiger partial charge in [-0.15, -0.1) is 0 Å². The minimum absolute atomic E-state index is 0.0310. The van der Waals surface area contributed by atoms with Crippen molar-refractivity contribution in [2.45, 2.75) is 64.9 Å². The summed E-state index contributed by atoms with van der Waals surface area (Å²) >= 11 is 0. The van der Waals surface area contributed by atoms with Crippen molar-refractivity contribution in [2.75, 3.05) is 7.11 Å². The Hall–Kier alpha value is -1.81. The molecular formula is C21H28O4. The van der Waals surface area contributed by atoms with E-state index in [0.29, 0.717) is 24.8 Å². The van der Waals surface area contributed by atoms with Crippen LogP contribution in [0.2, 0.25) is 0 Å². The first-order chi connectivity index (χ1) is 12.0. The van der Waals surface area contributed by atoms with Crippen LogP contribution in [0.15, 0.2) is 17.9 Å². The molecule has 1 aromatic carbocycles. The third-order valence-electron chi connectivity index (χ3n) is 6.04. The number of rotatable bonds is 4. The van der Waals surface area contributed by atoms with Gasteiger partial charge < -0.3 is 14.9 Å². The molecule has 0 aromatic heterocycles. The Morgan fingerprint density at radius 3 is 2.16 bits per heavy atom. The van der Waals surface area contributed by atoms with Crippen LogP contribution in [-0.2, 0) is 22.4 Å². The van der Waals surface area contributed by atoms with Gasteiger partial charge >= 0.3 is 0 Å². The minimum atomic E-state index is -0.421. The van der Waals surface area contributed by atoms with Crippen molar-refractivity contribution < 1.29 is 19.7 Å². The number of hydrogen-bond donors (Lipinski definition) is 2. The molecule has 25 heavy (non-hydrogen) atoms. The molecule has 0 atom stereocenters. The van der Waals surface area contributed by atoms with Gasteiger partial charge in [-0.3, -0.25) is 4.79 Å². The molecule has 0 amide bonds. The monoisotopic (exact) mass is 344 g/mol. The summed E-state index contributed by atoms with van der Waals surface area (Å²) in [6.07, 6.45) is 5.34. The second-order valence-corrected chi connectivity index (χ2v) is 7.39. The molecule has 0 heterocycles. The number of ether oxygens (including phenoxy) is 1. The van der Waals surface area contributed by atoms with Gasteiger partial charge in [0.25, 0.3) is 0 Å². The normalized spacial score (nSPS) is 26.7. The van der Waals surface area contributed by atoms with Crippen LogP contribution in [0.25, 0.3) is 5.57 Å².